The maximum Gasteiger partial charge on any atom is 0.111 e. The molecule has 0 aromatic carbocycles. The zero-order valence-electron chi connectivity index (χ0n) is 7.92. The summed E-state index contributed by atoms with van der Waals surface area (Å²) in [7, 11) is 1.60. The van der Waals surface area contributed by atoms with E-state index in [1.807, 2.05) is 0 Å². The van der Waals surface area contributed by atoms with Crippen LogP contribution >= 0.6 is 11.6 Å². The van der Waals surface area contributed by atoms with Crippen molar-refractivity contribution in [2.45, 2.75) is 13.0 Å². The van der Waals surface area contributed by atoms with Gasteiger partial charge >= 0.3 is 0 Å². The van der Waals surface area contributed by atoms with Crippen LogP contribution in [0.15, 0.2) is 4.99 Å². The van der Waals surface area contributed by atoms with E-state index in [-0.39, 0.29) is 6.10 Å². The van der Waals surface area contributed by atoms with E-state index in [9.17, 15) is 0 Å². The molecule has 0 saturated heterocycles. The Bertz CT molecular complexity index is 170. The standard InChI is InChI=1S/C8H15ClN2O2/c1-7(9)11-6-8(5-10)13-4-3-12-2/h5,8,10H,3-4,6H2,1-2H3. The maximum absolute atomic E-state index is 7.04. The molecule has 0 aliphatic rings. The molecule has 1 N–H and O–H groups in total. The Morgan fingerprint density at radius 2 is 2.31 bits per heavy atom. The third-order valence-electron chi connectivity index (χ3n) is 1.29. The van der Waals surface area contributed by atoms with Gasteiger partial charge in [-0.25, -0.2) is 0 Å². The van der Waals surface area contributed by atoms with Crippen molar-refractivity contribution in [1.29, 1.82) is 5.41 Å². The topological polar surface area (TPSA) is 54.7 Å². The smallest absolute Gasteiger partial charge is 0.111 e. The van der Waals surface area contributed by atoms with Gasteiger partial charge in [-0.2, -0.15) is 0 Å². The Morgan fingerprint density at radius 1 is 1.62 bits per heavy atom. The molecular weight excluding hydrogens is 192 g/mol. The summed E-state index contributed by atoms with van der Waals surface area (Å²) in [5.74, 6) is 0. The number of nitrogens with one attached hydrogen (secondary N) is 1. The highest BCUT2D eigenvalue weighted by atomic mass is 35.5. The minimum Gasteiger partial charge on any atom is -0.382 e. The summed E-state index contributed by atoms with van der Waals surface area (Å²) >= 11 is 5.53. The number of hydrogen-bond donors (Lipinski definition) is 1. The van der Waals surface area contributed by atoms with Gasteiger partial charge in [0.25, 0.3) is 0 Å². The minimum absolute atomic E-state index is 0.302. The summed E-state index contributed by atoms with van der Waals surface area (Å²) < 4.78 is 10.0. The van der Waals surface area contributed by atoms with Gasteiger partial charge in [0.05, 0.1) is 24.9 Å². The summed E-state index contributed by atoms with van der Waals surface area (Å²) in [5.41, 5.74) is 0. The van der Waals surface area contributed by atoms with Crippen molar-refractivity contribution in [3.05, 3.63) is 0 Å². The van der Waals surface area contributed by atoms with E-state index in [4.69, 9.17) is 26.5 Å². The fourth-order valence-electron chi connectivity index (χ4n) is 0.652. The molecule has 0 aromatic heterocycles. The van der Waals surface area contributed by atoms with Crippen LogP contribution in [0, 0.1) is 5.41 Å². The van der Waals surface area contributed by atoms with E-state index in [1.165, 1.54) is 6.21 Å². The van der Waals surface area contributed by atoms with Gasteiger partial charge in [-0.3, -0.25) is 4.99 Å². The quantitative estimate of drug-likeness (QED) is 0.505. The van der Waals surface area contributed by atoms with Crippen molar-refractivity contribution < 1.29 is 9.47 Å². The van der Waals surface area contributed by atoms with Crippen molar-refractivity contribution in [1.82, 2.24) is 0 Å². The van der Waals surface area contributed by atoms with Gasteiger partial charge < -0.3 is 14.9 Å². The normalized spacial score (nSPS) is 14.2. The number of ether oxygens (including phenoxy) is 2. The van der Waals surface area contributed by atoms with E-state index in [0.29, 0.717) is 24.9 Å². The van der Waals surface area contributed by atoms with Crippen molar-refractivity contribution in [3.8, 4) is 0 Å². The zero-order valence-corrected chi connectivity index (χ0v) is 8.67. The second kappa shape index (κ2) is 8.16. The number of aliphatic imine (C=N–C) groups is 1. The van der Waals surface area contributed by atoms with Crippen molar-refractivity contribution in [3.63, 3.8) is 0 Å². The first-order chi connectivity index (χ1) is 6.20. The van der Waals surface area contributed by atoms with Gasteiger partial charge in [0.15, 0.2) is 0 Å². The summed E-state index contributed by atoms with van der Waals surface area (Å²) in [6.45, 7) is 3.07. The number of methoxy groups -OCH3 is 1. The van der Waals surface area contributed by atoms with Crippen molar-refractivity contribution in [2.24, 2.45) is 4.99 Å². The van der Waals surface area contributed by atoms with E-state index < -0.39 is 0 Å². The Hall–Kier alpha value is -0.450. The summed E-state index contributed by atoms with van der Waals surface area (Å²) in [5, 5.41) is 7.51. The molecule has 0 radical (unpaired) electrons. The lowest BCUT2D eigenvalue weighted by atomic mass is 10.4. The highest BCUT2D eigenvalue weighted by Crippen LogP contribution is 1.92. The molecule has 0 amide bonds. The average Bonchev–Trinajstić information content (AvgIpc) is 2.10. The molecule has 0 aliphatic carbocycles. The molecule has 0 rings (SSSR count). The Kier molecular flexibility index (Phi) is 7.88. The molecule has 1 atom stereocenters. The first-order valence-electron chi connectivity index (χ1n) is 3.98. The Morgan fingerprint density at radius 3 is 2.77 bits per heavy atom. The van der Waals surface area contributed by atoms with Gasteiger partial charge in [-0.1, -0.05) is 11.6 Å². The van der Waals surface area contributed by atoms with Crippen molar-refractivity contribution >= 4 is 23.0 Å². The Labute approximate surface area is 83.4 Å². The highest BCUT2D eigenvalue weighted by Gasteiger charge is 2.03. The first kappa shape index (κ1) is 12.6. The van der Waals surface area contributed by atoms with Crippen LogP contribution in [0.2, 0.25) is 0 Å². The zero-order chi connectivity index (χ0) is 10.1. The Balaban J connectivity index is 3.63. The van der Waals surface area contributed by atoms with E-state index in [1.54, 1.807) is 14.0 Å². The second-order valence-corrected chi connectivity index (χ2v) is 2.95. The molecular formula is C8H15ClN2O2. The lowest BCUT2D eigenvalue weighted by Gasteiger charge is -2.09. The molecule has 0 bridgehead atoms. The van der Waals surface area contributed by atoms with Gasteiger partial charge in [0.2, 0.25) is 0 Å². The molecule has 76 valence electrons. The molecule has 0 aliphatic heterocycles. The number of hydrogen-bond acceptors (Lipinski definition) is 4. The van der Waals surface area contributed by atoms with Crippen LogP contribution in [0.1, 0.15) is 6.92 Å². The third-order valence-corrected chi connectivity index (χ3v) is 1.41. The van der Waals surface area contributed by atoms with E-state index in [0.717, 1.165) is 0 Å². The lowest BCUT2D eigenvalue weighted by Crippen LogP contribution is -2.20. The lowest BCUT2D eigenvalue weighted by molar-refractivity contribution is 0.0533. The van der Waals surface area contributed by atoms with Crippen LogP contribution in [-0.4, -0.2) is 44.4 Å². The predicted molar refractivity (Wildman–Crippen MR) is 54.2 cm³/mol. The van der Waals surface area contributed by atoms with Crippen LogP contribution in [0.3, 0.4) is 0 Å². The highest BCUT2D eigenvalue weighted by molar-refractivity contribution is 6.64. The third kappa shape index (κ3) is 7.90. The largest absolute Gasteiger partial charge is 0.382 e. The fraction of sp³-hybridized carbons (Fsp3) is 0.750. The number of nitrogens with zero attached hydrogens (tertiary/aromatic N) is 1. The number of rotatable bonds is 7. The monoisotopic (exact) mass is 206 g/mol. The van der Waals surface area contributed by atoms with E-state index >= 15 is 0 Å². The molecule has 13 heavy (non-hydrogen) atoms. The van der Waals surface area contributed by atoms with Crippen LogP contribution in [0.5, 0.6) is 0 Å². The minimum atomic E-state index is -0.302. The average molecular weight is 207 g/mol. The first-order valence-corrected chi connectivity index (χ1v) is 4.36. The van der Waals surface area contributed by atoms with Gasteiger partial charge in [-0.15, -0.1) is 0 Å². The molecule has 1 unspecified atom stereocenters. The molecule has 0 heterocycles. The van der Waals surface area contributed by atoms with Crippen LogP contribution < -0.4 is 0 Å². The van der Waals surface area contributed by atoms with Gasteiger partial charge in [0, 0.05) is 13.3 Å². The fourth-order valence-corrected chi connectivity index (χ4v) is 0.721. The summed E-state index contributed by atoms with van der Waals surface area (Å²) in [6, 6.07) is 0. The molecule has 0 fully saturated rings. The predicted octanol–water partition coefficient (Wildman–Crippen LogP) is 1.32. The molecule has 4 nitrogen and oxygen atoms in total. The van der Waals surface area contributed by atoms with Crippen LogP contribution in [-0.2, 0) is 9.47 Å². The SMILES string of the molecule is COCCOC(C=N)CN=C(C)Cl. The molecule has 5 heteroatoms. The molecule has 0 saturated carbocycles. The number of halogens is 1. The molecule has 0 aromatic rings. The maximum atomic E-state index is 7.04. The second-order valence-electron chi connectivity index (χ2n) is 2.41. The van der Waals surface area contributed by atoms with E-state index in [2.05, 4.69) is 4.99 Å². The van der Waals surface area contributed by atoms with Crippen LogP contribution in [0.4, 0.5) is 0 Å². The summed E-state index contributed by atoms with van der Waals surface area (Å²) in [4.78, 5) is 3.94. The van der Waals surface area contributed by atoms with Gasteiger partial charge in [-0.05, 0) is 6.92 Å². The van der Waals surface area contributed by atoms with Crippen LogP contribution in [0.25, 0.3) is 0 Å². The van der Waals surface area contributed by atoms with Crippen molar-refractivity contribution in [2.75, 3.05) is 26.9 Å². The molecule has 0 spiro atoms. The van der Waals surface area contributed by atoms with Gasteiger partial charge in [0.1, 0.15) is 6.10 Å². The summed E-state index contributed by atoms with van der Waals surface area (Å²) in [6.07, 6.45) is 0.905.